The number of ether oxygens (including phenoxy) is 2. The van der Waals surface area contributed by atoms with Crippen LogP contribution < -0.4 is 0 Å². The Balaban J connectivity index is 1.85. The highest BCUT2D eigenvalue weighted by Gasteiger charge is 2.30. The fraction of sp³-hybridized carbons (Fsp3) is 0.571. The maximum atomic E-state index is 12.9. The van der Waals surface area contributed by atoms with Crippen molar-refractivity contribution in [1.29, 1.82) is 0 Å². The number of carbonyl (C=O) groups is 1. The molecule has 3 rings (SSSR count). The van der Waals surface area contributed by atoms with E-state index in [1.807, 2.05) is 25.7 Å². The molecule has 1 aromatic carbocycles. The van der Waals surface area contributed by atoms with Crippen molar-refractivity contribution in [1.82, 2.24) is 9.47 Å². The maximum Gasteiger partial charge on any atom is 0.410 e. The number of hydrogen-bond acceptors (Lipinski definition) is 3. The van der Waals surface area contributed by atoms with Crippen molar-refractivity contribution in [2.45, 2.75) is 58.3 Å². The molecule has 5 nitrogen and oxygen atoms in total. The Hall–Kier alpha value is -0.990. The fourth-order valence-electron chi connectivity index (χ4n) is 3.55. The van der Waals surface area contributed by atoms with Crippen molar-refractivity contribution in [3.63, 3.8) is 0 Å². The molecule has 0 aliphatic carbocycles. The third kappa shape index (κ3) is 5.33. The van der Waals surface area contributed by atoms with Crippen LogP contribution in [0.15, 0.2) is 24.3 Å². The summed E-state index contributed by atoms with van der Waals surface area (Å²) in [6.45, 7) is 8.40. The molecule has 2 heterocycles. The maximum absolute atomic E-state index is 12.9. The molecular weight excluding hydrogens is 491 g/mol. The van der Waals surface area contributed by atoms with Crippen LogP contribution in [0.25, 0.3) is 10.9 Å². The second kappa shape index (κ2) is 9.22. The van der Waals surface area contributed by atoms with Crippen LogP contribution in [0.2, 0.25) is 0 Å². The summed E-state index contributed by atoms with van der Waals surface area (Å²) in [7, 11) is 0. The van der Waals surface area contributed by atoms with E-state index in [2.05, 4.69) is 51.4 Å². The van der Waals surface area contributed by atoms with Crippen molar-refractivity contribution in [3.8, 4) is 0 Å². The van der Waals surface area contributed by atoms with Crippen molar-refractivity contribution >= 4 is 51.2 Å². The quantitative estimate of drug-likeness (QED) is 0.393. The monoisotopic (exact) mass is 518 g/mol. The van der Waals surface area contributed by atoms with E-state index in [0.29, 0.717) is 25.6 Å². The second-order valence-electron chi connectivity index (χ2n) is 8.15. The summed E-state index contributed by atoms with van der Waals surface area (Å²) in [6, 6.07) is 8.69. The van der Waals surface area contributed by atoms with Crippen molar-refractivity contribution in [2.24, 2.45) is 0 Å². The van der Waals surface area contributed by atoms with Gasteiger partial charge in [0.2, 0.25) is 0 Å². The first kappa shape index (κ1) is 21.7. The predicted molar refractivity (Wildman–Crippen MR) is 121 cm³/mol. The van der Waals surface area contributed by atoms with Crippen LogP contribution in [0.5, 0.6) is 0 Å². The van der Waals surface area contributed by atoms with Gasteiger partial charge in [0.1, 0.15) is 5.60 Å². The van der Waals surface area contributed by atoms with Crippen molar-refractivity contribution < 1.29 is 14.3 Å². The highest BCUT2D eigenvalue weighted by atomic mass is 127. The van der Waals surface area contributed by atoms with Gasteiger partial charge in [-0.2, -0.15) is 0 Å². The summed E-state index contributed by atoms with van der Waals surface area (Å²) in [5, 5.41) is 1.17. The van der Waals surface area contributed by atoms with E-state index < -0.39 is 5.60 Å². The van der Waals surface area contributed by atoms with E-state index in [1.165, 1.54) is 14.6 Å². The summed E-state index contributed by atoms with van der Waals surface area (Å²) in [6.07, 6.45) is 1.42. The lowest BCUT2D eigenvalue weighted by Crippen LogP contribution is -2.45. The molecule has 1 aromatic heterocycles. The highest BCUT2D eigenvalue weighted by Crippen LogP contribution is 2.26. The normalized spacial score (nSPS) is 15.8. The van der Waals surface area contributed by atoms with Gasteiger partial charge < -0.3 is 18.9 Å². The van der Waals surface area contributed by atoms with Crippen molar-refractivity contribution in [2.75, 3.05) is 19.1 Å². The molecule has 1 aliphatic rings. The average molecular weight is 519 g/mol. The summed E-state index contributed by atoms with van der Waals surface area (Å²) in [5.41, 5.74) is 1.76. The molecule has 1 aliphatic heterocycles. The van der Waals surface area contributed by atoms with Crippen LogP contribution in [0.1, 0.15) is 39.2 Å². The first-order chi connectivity index (χ1) is 13.3. The molecule has 2 aromatic rings. The molecule has 0 spiro atoms. The number of carbonyl (C=O) groups excluding carboxylic acids is 1. The highest BCUT2D eigenvalue weighted by molar-refractivity contribution is 14.1. The van der Waals surface area contributed by atoms with Gasteiger partial charge >= 0.3 is 6.09 Å². The fourth-order valence-corrected chi connectivity index (χ4v) is 4.56. The Morgan fingerprint density at radius 2 is 2.04 bits per heavy atom. The van der Waals surface area contributed by atoms with E-state index in [-0.39, 0.29) is 12.1 Å². The number of fused-ring (bicyclic) bond motifs is 1. The molecular formula is C21H28ClIN2O3. The molecule has 0 atom stereocenters. The molecule has 0 radical (unpaired) electrons. The summed E-state index contributed by atoms with van der Waals surface area (Å²) in [4.78, 5) is 14.8. The van der Waals surface area contributed by atoms with Crippen LogP contribution >= 0.6 is 34.2 Å². The second-order valence-corrected chi connectivity index (χ2v) is 9.64. The van der Waals surface area contributed by atoms with Gasteiger partial charge in [-0.1, -0.05) is 6.07 Å². The summed E-state index contributed by atoms with van der Waals surface area (Å²) in [5.74, 6) is 0.581. The van der Waals surface area contributed by atoms with Crippen LogP contribution in [-0.4, -0.2) is 46.3 Å². The molecule has 0 unspecified atom stereocenters. The zero-order valence-electron chi connectivity index (χ0n) is 16.7. The third-order valence-corrected chi connectivity index (χ3v) is 5.90. The van der Waals surface area contributed by atoms with E-state index in [4.69, 9.17) is 21.1 Å². The van der Waals surface area contributed by atoms with Gasteiger partial charge in [0, 0.05) is 49.1 Å². The first-order valence-corrected chi connectivity index (χ1v) is 11.3. The lowest BCUT2D eigenvalue weighted by atomic mass is 10.1. The van der Waals surface area contributed by atoms with Gasteiger partial charge in [-0.25, -0.2) is 4.79 Å². The molecule has 1 saturated heterocycles. The van der Waals surface area contributed by atoms with Crippen LogP contribution in [0, 0.1) is 3.70 Å². The minimum Gasteiger partial charge on any atom is -0.444 e. The Morgan fingerprint density at radius 3 is 2.68 bits per heavy atom. The average Bonchev–Trinajstić information content (AvgIpc) is 2.94. The number of hydrogen-bond donors (Lipinski definition) is 0. The van der Waals surface area contributed by atoms with E-state index in [0.717, 1.165) is 24.9 Å². The number of benzene rings is 1. The molecule has 0 N–H and O–H groups in total. The molecule has 1 amide bonds. The van der Waals surface area contributed by atoms with E-state index in [1.54, 1.807) is 0 Å². The molecule has 7 heteroatoms. The summed E-state index contributed by atoms with van der Waals surface area (Å²) >= 11 is 8.29. The molecule has 0 bridgehead atoms. The van der Waals surface area contributed by atoms with Gasteiger partial charge in [0.15, 0.2) is 0 Å². The van der Waals surface area contributed by atoms with Crippen LogP contribution in [0.3, 0.4) is 0 Å². The zero-order valence-corrected chi connectivity index (χ0v) is 19.6. The molecule has 1 fully saturated rings. The number of halogens is 2. The van der Waals surface area contributed by atoms with E-state index >= 15 is 0 Å². The standard InChI is InChI=1S/C21H28ClIN2O3/c1-21(2,3)28-20(26)25(17-6-10-27-11-7-17)14-15-4-5-18-16(12-15)13-19(23)24(18)9-8-22/h4-5,12-13,17H,6-11,14H2,1-3H3. The molecule has 154 valence electrons. The Bertz CT molecular complexity index is 825. The van der Waals surface area contributed by atoms with Crippen LogP contribution in [-0.2, 0) is 22.6 Å². The van der Waals surface area contributed by atoms with Crippen molar-refractivity contribution in [3.05, 3.63) is 33.5 Å². The molecule has 0 saturated carbocycles. The smallest absolute Gasteiger partial charge is 0.410 e. The largest absolute Gasteiger partial charge is 0.444 e. The lowest BCUT2D eigenvalue weighted by Gasteiger charge is -2.35. The van der Waals surface area contributed by atoms with Crippen LogP contribution in [0.4, 0.5) is 4.79 Å². The first-order valence-electron chi connectivity index (χ1n) is 9.69. The van der Waals surface area contributed by atoms with Gasteiger partial charge in [-0.3, -0.25) is 0 Å². The topological polar surface area (TPSA) is 43.7 Å². The number of aryl methyl sites for hydroxylation is 1. The minimum absolute atomic E-state index is 0.139. The number of alkyl halides is 1. The van der Waals surface area contributed by atoms with Gasteiger partial charge in [-0.05, 0) is 80.0 Å². The molecule has 28 heavy (non-hydrogen) atoms. The van der Waals surface area contributed by atoms with Gasteiger partial charge in [0.05, 0.1) is 3.70 Å². The lowest BCUT2D eigenvalue weighted by molar-refractivity contribution is -0.00807. The van der Waals surface area contributed by atoms with E-state index in [9.17, 15) is 4.79 Å². The Labute approximate surface area is 185 Å². The number of nitrogens with zero attached hydrogens (tertiary/aromatic N) is 2. The third-order valence-electron chi connectivity index (χ3n) is 4.84. The SMILES string of the molecule is CC(C)(C)OC(=O)N(Cc1ccc2c(c1)cc(I)n2CCCl)C1CCOCC1. The van der Waals surface area contributed by atoms with Gasteiger partial charge in [0.25, 0.3) is 0 Å². The predicted octanol–water partition coefficient (Wildman–Crippen LogP) is 5.40. The number of rotatable bonds is 5. The summed E-state index contributed by atoms with van der Waals surface area (Å²) < 4.78 is 14.6. The number of aromatic nitrogens is 1. The van der Waals surface area contributed by atoms with Gasteiger partial charge in [-0.15, -0.1) is 11.6 Å². The zero-order chi connectivity index (χ0) is 20.3. The Morgan fingerprint density at radius 1 is 1.32 bits per heavy atom. The Kier molecular flexibility index (Phi) is 7.15. The number of amides is 1. The minimum atomic E-state index is -0.515.